The Morgan fingerprint density at radius 1 is 0.950 bits per heavy atom. The van der Waals surface area contributed by atoms with Gasteiger partial charge >= 0.3 is 0 Å². The largest absolute Gasteiger partial charge is 0.491 e. The van der Waals surface area contributed by atoms with E-state index < -0.39 is 11.8 Å². The molecule has 7 nitrogen and oxygen atoms in total. The van der Waals surface area contributed by atoms with Crippen molar-refractivity contribution in [2.45, 2.75) is 0 Å². The highest BCUT2D eigenvalue weighted by molar-refractivity contribution is 9.10. The van der Waals surface area contributed by atoms with E-state index in [1.165, 1.54) is 0 Å². The first kappa shape index (κ1) is 27.8. The summed E-state index contributed by atoms with van der Waals surface area (Å²) in [7, 11) is 0. The number of anilines is 1. The molecule has 4 aromatic rings. The van der Waals surface area contributed by atoms with Crippen LogP contribution in [0.3, 0.4) is 0 Å². The van der Waals surface area contributed by atoms with Crippen molar-refractivity contribution in [3.8, 4) is 11.5 Å². The lowest BCUT2D eigenvalue weighted by molar-refractivity contribution is -0.123. The summed E-state index contributed by atoms with van der Waals surface area (Å²) in [5.74, 6) is 0.256. The lowest BCUT2D eigenvalue weighted by Crippen LogP contribution is -2.32. The van der Waals surface area contributed by atoms with Gasteiger partial charge in [-0.25, -0.2) is 0 Å². The van der Waals surface area contributed by atoms with Crippen molar-refractivity contribution in [1.82, 2.24) is 4.90 Å². The molecule has 0 spiro atoms. The molecular weight excluding hydrogens is 616 g/mol. The highest BCUT2D eigenvalue weighted by atomic mass is 79.9. The molecule has 3 amide bonds. The Balaban J connectivity index is 1.24. The van der Waals surface area contributed by atoms with Crippen molar-refractivity contribution in [1.29, 1.82) is 0 Å². The number of hydrogen-bond donors (Lipinski definition) is 1. The number of ether oxygens (including phenoxy) is 2. The lowest BCUT2D eigenvalue weighted by Gasteiger charge is -2.14. The second kappa shape index (κ2) is 12.6. The predicted octanol–water partition coefficient (Wildman–Crippen LogP) is 7.39. The van der Waals surface area contributed by atoms with Crippen LogP contribution in [-0.4, -0.2) is 41.7 Å². The average Bonchev–Trinajstić information content (AvgIpc) is 3.21. The van der Waals surface area contributed by atoms with Gasteiger partial charge in [-0.1, -0.05) is 76.1 Å². The van der Waals surface area contributed by atoms with Crippen molar-refractivity contribution >= 4 is 78.9 Å². The van der Waals surface area contributed by atoms with Gasteiger partial charge in [0.05, 0.1) is 22.2 Å². The highest BCUT2D eigenvalue weighted by Crippen LogP contribution is 2.35. The molecule has 0 bridgehead atoms. The molecule has 10 heteroatoms. The molecule has 1 aliphatic rings. The van der Waals surface area contributed by atoms with Crippen molar-refractivity contribution in [2.75, 3.05) is 25.1 Å². The number of nitrogens with zero attached hydrogens (tertiary/aromatic N) is 1. The molecule has 1 saturated heterocycles. The van der Waals surface area contributed by atoms with Gasteiger partial charge < -0.3 is 14.8 Å². The molecule has 1 aliphatic heterocycles. The number of rotatable bonds is 9. The van der Waals surface area contributed by atoms with E-state index in [1.807, 2.05) is 42.5 Å². The van der Waals surface area contributed by atoms with Gasteiger partial charge in [0.15, 0.2) is 6.61 Å². The van der Waals surface area contributed by atoms with Crippen LogP contribution >= 0.6 is 39.3 Å². The van der Waals surface area contributed by atoms with Crippen LogP contribution in [0.2, 0.25) is 5.02 Å². The first-order valence-corrected chi connectivity index (χ1v) is 14.2. The average molecular weight is 638 g/mol. The van der Waals surface area contributed by atoms with Crippen LogP contribution in [0.25, 0.3) is 16.8 Å². The summed E-state index contributed by atoms with van der Waals surface area (Å²) in [5, 5.41) is 4.74. The smallest absolute Gasteiger partial charge is 0.293 e. The third-order valence-corrected chi connectivity index (χ3v) is 7.69. The van der Waals surface area contributed by atoms with Gasteiger partial charge in [0.1, 0.15) is 18.1 Å². The van der Waals surface area contributed by atoms with E-state index >= 15 is 0 Å². The van der Waals surface area contributed by atoms with E-state index in [4.69, 9.17) is 21.1 Å². The zero-order valence-corrected chi connectivity index (χ0v) is 24.1. The molecule has 40 heavy (non-hydrogen) atoms. The second-order valence-corrected chi connectivity index (χ2v) is 11.0. The number of para-hydroxylation sites is 1. The zero-order valence-electron chi connectivity index (χ0n) is 20.9. The van der Waals surface area contributed by atoms with Crippen LogP contribution in [0.4, 0.5) is 10.5 Å². The van der Waals surface area contributed by atoms with Gasteiger partial charge in [0.25, 0.3) is 17.1 Å². The minimum atomic E-state index is -0.418. The third kappa shape index (κ3) is 6.50. The first-order chi connectivity index (χ1) is 19.4. The summed E-state index contributed by atoms with van der Waals surface area (Å²) < 4.78 is 12.4. The maximum atomic E-state index is 13.1. The fourth-order valence-corrected chi connectivity index (χ4v) is 5.48. The minimum absolute atomic E-state index is 0.106. The van der Waals surface area contributed by atoms with Crippen LogP contribution in [0.1, 0.15) is 5.56 Å². The number of fused-ring (bicyclic) bond motifs is 1. The first-order valence-electron chi connectivity index (χ1n) is 12.2. The molecule has 0 atom stereocenters. The number of benzene rings is 4. The molecule has 5 rings (SSSR count). The monoisotopic (exact) mass is 636 g/mol. The topological polar surface area (TPSA) is 84.9 Å². The van der Waals surface area contributed by atoms with Gasteiger partial charge in [-0.2, -0.15) is 0 Å². The molecule has 1 heterocycles. The minimum Gasteiger partial charge on any atom is -0.491 e. The van der Waals surface area contributed by atoms with Crippen molar-refractivity contribution in [3.05, 3.63) is 105 Å². The van der Waals surface area contributed by atoms with Gasteiger partial charge in [-0.15, -0.1) is 0 Å². The number of carbonyl (C=O) groups is 3. The Hall–Kier alpha value is -3.79. The molecule has 0 unspecified atom stereocenters. The highest BCUT2D eigenvalue weighted by Gasteiger charge is 2.35. The molecule has 0 aliphatic carbocycles. The zero-order chi connectivity index (χ0) is 28.1. The van der Waals surface area contributed by atoms with E-state index in [9.17, 15) is 14.4 Å². The Morgan fingerprint density at radius 3 is 2.58 bits per heavy atom. The quantitative estimate of drug-likeness (QED) is 0.193. The summed E-state index contributed by atoms with van der Waals surface area (Å²) in [5.41, 5.74) is 1.02. The molecule has 0 radical (unpaired) electrons. The second-order valence-electron chi connectivity index (χ2n) is 8.66. The van der Waals surface area contributed by atoms with E-state index in [1.54, 1.807) is 48.5 Å². The number of nitrogens with one attached hydrogen (secondary N) is 1. The third-order valence-electron chi connectivity index (χ3n) is 5.96. The fraction of sp³-hybridized carbons (Fsp3) is 0.100. The van der Waals surface area contributed by atoms with Gasteiger partial charge in [-0.3, -0.25) is 19.3 Å². The van der Waals surface area contributed by atoms with Crippen LogP contribution in [0.15, 0.2) is 94.3 Å². The van der Waals surface area contributed by atoms with Crippen LogP contribution in [0, 0.1) is 0 Å². The molecule has 4 aromatic carbocycles. The van der Waals surface area contributed by atoms with Crippen LogP contribution in [-0.2, 0) is 9.59 Å². The number of amides is 3. The van der Waals surface area contributed by atoms with E-state index in [2.05, 4.69) is 21.2 Å². The summed E-state index contributed by atoms with van der Waals surface area (Å²) in [6.45, 7) is -0.0128. The van der Waals surface area contributed by atoms with Gasteiger partial charge in [-0.05, 0) is 59.6 Å². The van der Waals surface area contributed by atoms with E-state index in [-0.39, 0.29) is 29.9 Å². The summed E-state index contributed by atoms with van der Waals surface area (Å²) in [4.78, 5) is 39.6. The number of halogens is 2. The molecule has 0 aromatic heterocycles. The Bertz CT molecular complexity index is 1640. The SMILES string of the molecule is O=C(COc1ccc(Br)cc1/C=C1\SC(=O)N(CCOc2cccc3ccccc23)C1=O)Nc1ccccc1Cl. The Morgan fingerprint density at radius 2 is 1.73 bits per heavy atom. The number of imide groups is 1. The van der Waals surface area contributed by atoms with Gasteiger partial charge in [0.2, 0.25) is 0 Å². The predicted molar refractivity (Wildman–Crippen MR) is 162 cm³/mol. The molecular formula is C30H22BrClN2O5S. The fourth-order valence-electron chi connectivity index (χ4n) is 4.06. The van der Waals surface area contributed by atoms with E-state index in [0.717, 1.165) is 31.9 Å². The summed E-state index contributed by atoms with van der Waals surface area (Å²) in [6.07, 6.45) is 1.59. The van der Waals surface area contributed by atoms with E-state index in [0.29, 0.717) is 27.8 Å². The Kier molecular flexibility index (Phi) is 8.74. The maximum absolute atomic E-state index is 13.1. The number of carbonyl (C=O) groups excluding carboxylic acids is 3. The Labute approximate surface area is 248 Å². The number of hydrogen-bond acceptors (Lipinski definition) is 6. The normalized spacial score (nSPS) is 14.2. The van der Waals surface area contributed by atoms with Crippen LogP contribution < -0.4 is 14.8 Å². The maximum Gasteiger partial charge on any atom is 0.293 e. The summed E-state index contributed by atoms with van der Waals surface area (Å²) in [6, 6.07) is 25.7. The van der Waals surface area contributed by atoms with Crippen LogP contribution in [0.5, 0.6) is 11.5 Å². The molecule has 1 fully saturated rings. The molecule has 0 saturated carbocycles. The standard InChI is InChI=1S/C30H22BrClN2O5S/c31-21-12-13-25(39-18-28(35)33-24-10-4-3-9-23(24)32)20(16-21)17-27-29(36)34(30(37)40-27)14-15-38-26-11-5-7-19-6-1-2-8-22(19)26/h1-13,16-17H,14-15,18H2,(H,33,35)/b27-17-. The van der Waals surface area contributed by atoms with Crippen molar-refractivity contribution in [3.63, 3.8) is 0 Å². The van der Waals surface area contributed by atoms with Crippen molar-refractivity contribution in [2.24, 2.45) is 0 Å². The molecule has 1 N–H and O–H groups in total. The molecule has 202 valence electrons. The number of thioether (sulfide) groups is 1. The van der Waals surface area contributed by atoms with Gasteiger partial charge in [0, 0.05) is 15.4 Å². The lowest BCUT2D eigenvalue weighted by atomic mass is 10.1. The van der Waals surface area contributed by atoms with Crippen molar-refractivity contribution < 1.29 is 23.9 Å². The summed E-state index contributed by atoms with van der Waals surface area (Å²) >= 11 is 10.4.